The average molecular weight is 262 g/mol. The number of carboxylic acids is 1. The normalized spacial score (nSPS) is 19.9. The molecule has 0 saturated heterocycles. The Morgan fingerprint density at radius 2 is 1.89 bits per heavy atom. The Labute approximate surface area is 114 Å². The van der Waals surface area contributed by atoms with E-state index in [-0.39, 0.29) is 5.41 Å². The van der Waals surface area contributed by atoms with Gasteiger partial charge in [0.25, 0.3) is 0 Å². The summed E-state index contributed by atoms with van der Waals surface area (Å²) in [6.07, 6.45) is 5.72. The molecule has 2 N–H and O–H groups in total. The Kier molecular flexibility index (Phi) is 3.83. The first-order valence-electron chi connectivity index (χ1n) is 7.00. The van der Waals surface area contributed by atoms with Gasteiger partial charge < -0.3 is 10.2 Å². The lowest BCUT2D eigenvalue weighted by atomic mass is 9.70. The molecule has 0 heterocycles. The van der Waals surface area contributed by atoms with E-state index in [1.165, 1.54) is 19.3 Å². The maximum absolute atomic E-state index is 11.1. The molecule has 1 saturated carbocycles. The summed E-state index contributed by atoms with van der Waals surface area (Å²) in [4.78, 5) is 11.1. The molecule has 1 atom stereocenters. The van der Waals surface area contributed by atoms with Gasteiger partial charge in [0.15, 0.2) is 0 Å². The van der Waals surface area contributed by atoms with Gasteiger partial charge in [0.2, 0.25) is 0 Å². The second kappa shape index (κ2) is 5.24. The number of phenols is 1. The van der Waals surface area contributed by atoms with Crippen molar-refractivity contribution in [3.05, 3.63) is 29.3 Å². The minimum Gasteiger partial charge on any atom is -0.508 e. The fourth-order valence-corrected chi connectivity index (χ4v) is 3.05. The van der Waals surface area contributed by atoms with Crippen LogP contribution in [0.15, 0.2) is 18.2 Å². The van der Waals surface area contributed by atoms with Crippen LogP contribution in [0.25, 0.3) is 0 Å². The van der Waals surface area contributed by atoms with E-state index in [2.05, 4.69) is 6.92 Å². The Balaban J connectivity index is 2.39. The Bertz CT molecular complexity index is 473. The highest BCUT2D eigenvalue weighted by Gasteiger charge is 2.31. The molecular weight excluding hydrogens is 240 g/mol. The van der Waals surface area contributed by atoms with E-state index in [9.17, 15) is 9.90 Å². The van der Waals surface area contributed by atoms with E-state index in [1.54, 1.807) is 19.1 Å². The van der Waals surface area contributed by atoms with Crippen LogP contribution in [-0.4, -0.2) is 16.2 Å². The third-order valence-electron chi connectivity index (χ3n) is 4.50. The van der Waals surface area contributed by atoms with Gasteiger partial charge in [-0.3, -0.25) is 4.79 Å². The molecule has 0 aliphatic heterocycles. The minimum absolute atomic E-state index is 0.0173. The van der Waals surface area contributed by atoms with Crippen molar-refractivity contribution in [3.8, 4) is 5.75 Å². The van der Waals surface area contributed by atoms with Gasteiger partial charge in [0.1, 0.15) is 5.75 Å². The highest BCUT2D eigenvalue weighted by molar-refractivity contribution is 5.75. The number of hydrogen-bond donors (Lipinski definition) is 2. The fourth-order valence-electron chi connectivity index (χ4n) is 3.05. The quantitative estimate of drug-likeness (QED) is 0.871. The van der Waals surface area contributed by atoms with Crippen LogP contribution in [0.2, 0.25) is 0 Å². The zero-order valence-corrected chi connectivity index (χ0v) is 11.6. The predicted octanol–water partition coefficient (Wildman–Crippen LogP) is 3.80. The van der Waals surface area contributed by atoms with Gasteiger partial charge in [-0.05, 0) is 36.8 Å². The van der Waals surface area contributed by atoms with Gasteiger partial charge in [-0.25, -0.2) is 0 Å². The van der Waals surface area contributed by atoms with Gasteiger partial charge in [-0.1, -0.05) is 38.3 Å². The summed E-state index contributed by atoms with van der Waals surface area (Å²) in [5.41, 5.74) is 1.67. The highest BCUT2D eigenvalue weighted by Crippen LogP contribution is 2.43. The van der Waals surface area contributed by atoms with Crippen LogP contribution < -0.4 is 0 Å². The number of rotatable bonds is 3. The molecule has 1 aliphatic carbocycles. The first kappa shape index (κ1) is 13.9. The number of carboxylic acid groups (broad SMARTS) is 1. The Morgan fingerprint density at radius 1 is 1.26 bits per heavy atom. The lowest BCUT2D eigenvalue weighted by molar-refractivity contribution is -0.138. The summed E-state index contributed by atoms with van der Waals surface area (Å²) in [6.45, 7) is 3.86. The standard InChI is InChI=1S/C16H22O3/c1-11(15(18)19)12-6-7-14(17)13(10-12)16(2)8-4-3-5-9-16/h6-7,10-11,17H,3-5,8-9H2,1-2H3,(H,18,19). The van der Waals surface area contributed by atoms with Crippen molar-refractivity contribution in [1.82, 2.24) is 0 Å². The summed E-state index contributed by atoms with van der Waals surface area (Å²) in [5, 5.41) is 19.2. The average Bonchev–Trinajstić information content (AvgIpc) is 2.39. The van der Waals surface area contributed by atoms with Crippen LogP contribution in [-0.2, 0) is 10.2 Å². The fraction of sp³-hybridized carbons (Fsp3) is 0.562. The molecule has 0 spiro atoms. The van der Waals surface area contributed by atoms with Crippen LogP contribution >= 0.6 is 0 Å². The van der Waals surface area contributed by atoms with Gasteiger partial charge in [0, 0.05) is 5.56 Å². The second-order valence-electron chi connectivity index (χ2n) is 5.96. The molecule has 104 valence electrons. The van der Waals surface area contributed by atoms with Crippen LogP contribution in [0.5, 0.6) is 5.75 Å². The molecule has 3 nitrogen and oxygen atoms in total. The lowest BCUT2D eigenvalue weighted by Gasteiger charge is -2.35. The number of benzene rings is 1. The van der Waals surface area contributed by atoms with Gasteiger partial charge >= 0.3 is 5.97 Å². The maximum Gasteiger partial charge on any atom is 0.310 e. The maximum atomic E-state index is 11.1. The monoisotopic (exact) mass is 262 g/mol. The third kappa shape index (κ3) is 2.75. The SMILES string of the molecule is CC(C(=O)O)c1ccc(O)c(C2(C)CCCCC2)c1. The van der Waals surface area contributed by atoms with E-state index in [4.69, 9.17) is 5.11 Å². The van der Waals surface area contributed by atoms with Crippen molar-refractivity contribution >= 4 is 5.97 Å². The molecule has 19 heavy (non-hydrogen) atoms. The minimum atomic E-state index is -0.828. The van der Waals surface area contributed by atoms with E-state index in [0.29, 0.717) is 5.75 Å². The van der Waals surface area contributed by atoms with Crippen molar-refractivity contribution < 1.29 is 15.0 Å². The molecule has 3 heteroatoms. The second-order valence-corrected chi connectivity index (χ2v) is 5.96. The van der Waals surface area contributed by atoms with Crippen molar-refractivity contribution in [2.45, 2.75) is 57.3 Å². The zero-order valence-electron chi connectivity index (χ0n) is 11.6. The lowest BCUT2D eigenvalue weighted by Crippen LogP contribution is -2.25. The molecule has 1 aromatic carbocycles. The first-order valence-corrected chi connectivity index (χ1v) is 7.00. The Hall–Kier alpha value is -1.51. The van der Waals surface area contributed by atoms with Crippen molar-refractivity contribution in [3.63, 3.8) is 0 Å². The number of carbonyl (C=O) groups is 1. The van der Waals surface area contributed by atoms with Crippen LogP contribution in [0.1, 0.15) is 63.0 Å². The first-order chi connectivity index (χ1) is 8.94. The van der Waals surface area contributed by atoms with Gasteiger partial charge in [-0.2, -0.15) is 0 Å². The summed E-state index contributed by atoms with van der Waals surface area (Å²) >= 11 is 0. The van der Waals surface area contributed by atoms with Gasteiger partial charge in [-0.15, -0.1) is 0 Å². The highest BCUT2D eigenvalue weighted by atomic mass is 16.4. The number of phenolic OH excluding ortho intramolecular Hbond substituents is 1. The molecule has 1 aliphatic rings. The summed E-state index contributed by atoms with van der Waals surface area (Å²) in [6, 6.07) is 5.24. The number of aliphatic carboxylic acids is 1. The summed E-state index contributed by atoms with van der Waals surface area (Å²) in [5.74, 6) is -1.07. The van der Waals surface area contributed by atoms with Crippen molar-refractivity contribution in [1.29, 1.82) is 0 Å². The molecule has 2 rings (SSSR count). The number of aromatic hydroxyl groups is 1. The Morgan fingerprint density at radius 3 is 2.47 bits per heavy atom. The van der Waals surface area contributed by atoms with Crippen molar-refractivity contribution in [2.24, 2.45) is 0 Å². The number of hydrogen-bond acceptors (Lipinski definition) is 2. The summed E-state index contributed by atoms with van der Waals surface area (Å²) < 4.78 is 0. The van der Waals surface area contributed by atoms with Crippen LogP contribution in [0.3, 0.4) is 0 Å². The molecule has 1 aromatic rings. The molecule has 0 amide bonds. The summed E-state index contributed by atoms with van der Waals surface area (Å²) in [7, 11) is 0. The smallest absolute Gasteiger partial charge is 0.310 e. The van der Waals surface area contributed by atoms with E-state index in [0.717, 1.165) is 24.0 Å². The van der Waals surface area contributed by atoms with Crippen molar-refractivity contribution in [2.75, 3.05) is 0 Å². The van der Waals surface area contributed by atoms with E-state index < -0.39 is 11.9 Å². The molecule has 1 fully saturated rings. The van der Waals surface area contributed by atoms with Crippen LogP contribution in [0, 0.1) is 0 Å². The predicted molar refractivity (Wildman–Crippen MR) is 74.6 cm³/mol. The molecule has 1 unspecified atom stereocenters. The van der Waals surface area contributed by atoms with Crippen LogP contribution in [0.4, 0.5) is 0 Å². The molecule has 0 bridgehead atoms. The largest absolute Gasteiger partial charge is 0.508 e. The molecular formula is C16H22O3. The zero-order chi connectivity index (χ0) is 14.0. The molecule has 0 aromatic heterocycles. The van der Waals surface area contributed by atoms with E-state index in [1.807, 2.05) is 6.07 Å². The van der Waals surface area contributed by atoms with E-state index >= 15 is 0 Å². The topological polar surface area (TPSA) is 57.5 Å². The third-order valence-corrected chi connectivity index (χ3v) is 4.50. The van der Waals surface area contributed by atoms with Gasteiger partial charge in [0.05, 0.1) is 5.92 Å². The molecule has 0 radical (unpaired) electrons.